The molecular formula is C11H11F3N4. The minimum Gasteiger partial charge on any atom is -0.306 e. The molecule has 1 aromatic carbocycles. The Morgan fingerprint density at radius 3 is 2.61 bits per heavy atom. The van der Waals surface area contributed by atoms with Gasteiger partial charge in [-0.25, -0.2) is 4.98 Å². The molecule has 0 aliphatic rings. The number of aromatic amines is 1. The Morgan fingerprint density at radius 2 is 1.94 bits per heavy atom. The van der Waals surface area contributed by atoms with Crippen LogP contribution >= 0.6 is 0 Å². The molecule has 0 aliphatic heterocycles. The molecule has 0 bridgehead atoms. The van der Waals surface area contributed by atoms with E-state index in [4.69, 9.17) is 0 Å². The van der Waals surface area contributed by atoms with E-state index in [1.165, 1.54) is 18.5 Å². The molecule has 0 unspecified atom stereocenters. The van der Waals surface area contributed by atoms with Crippen LogP contribution in [0.25, 0.3) is 0 Å². The van der Waals surface area contributed by atoms with Gasteiger partial charge in [0.1, 0.15) is 12.2 Å². The Hall–Kier alpha value is -1.89. The van der Waals surface area contributed by atoms with Crippen molar-refractivity contribution in [1.29, 1.82) is 0 Å². The number of benzene rings is 1. The summed E-state index contributed by atoms with van der Waals surface area (Å²) in [6.07, 6.45) is -2.98. The molecule has 96 valence electrons. The average molecular weight is 256 g/mol. The van der Waals surface area contributed by atoms with Gasteiger partial charge in [0.15, 0.2) is 0 Å². The maximum absolute atomic E-state index is 12.7. The highest BCUT2D eigenvalue weighted by molar-refractivity contribution is 5.29. The van der Waals surface area contributed by atoms with Crippen molar-refractivity contribution < 1.29 is 13.2 Å². The van der Waals surface area contributed by atoms with Crippen LogP contribution in [0.3, 0.4) is 0 Å². The Labute approximate surface area is 101 Å². The summed E-state index contributed by atoms with van der Waals surface area (Å²) >= 11 is 0. The van der Waals surface area contributed by atoms with Crippen molar-refractivity contribution in [2.24, 2.45) is 0 Å². The van der Waals surface area contributed by atoms with E-state index < -0.39 is 11.7 Å². The molecule has 0 spiro atoms. The number of alkyl halides is 3. The van der Waals surface area contributed by atoms with Crippen molar-refractivity contribution in [3.8, 4) is 0 Å². The summed E-state index contributed by atoms with van der Waals surface area (Å²) in [5.74, 6) is 0.583. The van der Waals surface area contributed by atoms with E-state index in [1.807, 2.05) is 0 Å². The van der Waals surface area contributed by atoms with Crippen molar-refractivity contribution in [2.45, 2.75) is 19.3 Å². The van der Waals surface area contributed by atoms with Crippen LogP contribution in [0.5, 0.6) is 0 Å². The molecule has 0 amide bonds. The van der Waals surface area contributed by atoms with Crippen LogP contribution in [0.4, 0.5) is 13.2 Å². The lowest BCUT2D eigenvalue weighted by molar-refractivity contribution is -0.138. The molecular weight excluding hydrogens is 245 g/mol. The van der Waals surface area contributed by atoms with Gasteiger partial charge in [0.05, 0.1) is 12.1 Å². The Kier molecular flexibility index (Phi) is 3.61. The zero-order valence-corrected chi connectivity index (χ0v) is 9.33. The van der Waals surface area contributed by atoms with Gasteiger partial charge in [-0.3, -0.25) is 5.10 Å². The van der Waals surface area contributed by atoms with Crippen molar-refractivity contribution in [1.82, 2.24) is 20.5 Å². The second kappa shape index (κ2) is 5.18. The topological polar surface area (TPSA) is 53.6 Å². The molecule has 1 aromatic heterocycles. The third kappa shape index (κ3) is 3.07. The summed E-state index contributed by atoms with van der Waals surface area (Å²) in [4.78, 5) is 3.87. The summed E-state index contributed by atoms with van der Waals surface area (Å²) in [7, 11) is 0. The number of nitrogens with one attached hydrogen (secondary N) is 2. The maximum Gasteiger partial charge on any atom is 0.416 e. The first-order chi connectivity index (χ1) is 8.57. The first-order valence-corrected chi connectivity index (χ1v) is 5.27. The van der Waals surface area contributed by atoms with Crippen LogP contribution in [0, 0.1) is 0 Å². The minimum atomic E-state index is -4.33. The smallest absolute Gasteiger partial charge is 0.306 e. The van der Waals surface area contributed by atoms with Gasteiger partial charge in [-0.05, 0) is 11.6 Å². The van der Waals surface area contributed by atoms with Crippen molar-refractivity contribution in [3.05, 3.63) is 47.5 Å². The van der Waals surface area contributed by atoms with Gasteiger partial charge in [-0.15, -0.1) is 0 Å². The van der Waals surface area contributed by atoms with Crippen LogP contribution < -0.4 is 5.32 Å². The predicted molar refractivity (Wildman–Crippen MR) is 58.4 cm³/mol. The Bertz CT molecular complexity index is 493. The lowest BCUT2D eigenvalue weighted by Gasteiger charge is -2.12. The van der Waals surface area contributed by atoms with E-state index in [-0.39, 0.29) is 12.1 Å². The first kappa shape index (κ1) is 12.6. The number of hydrogen-bond acceptors (Lipinski definition) is 3. The molecule has 7 heteroatoms. The van der Waals surface area contributed by atoms with E-state index in [2.05, 4.69) is 20.5 Å². The van der Waals surface area contributed by atoms with E-state index in [0.717, 1.165) is 6.07 Å². The minimum absolute atomic E-state index is 0.121. The van der Waals surface area contributed by atoms with Gasteiger partial charge in [0.2, 0.25) is 0 Å². The lowest BCUT2D eigenvalue weighted by Crippen LogP contribution is -2.17. The maximum atomic E-state index is 12.7. The van der Waals surface area contributed by atoms with Crippen LogP contribution in [0.2, 0.25) is 0 Å². The third-order valence-corrected chi connectivity index (χ3v) is 2.40. The fraction of sp³-hybridized carbons (Fsp3) is 0.273. The zero-order valence-electron chi connectivity index (χ0n) is 9.33. The Balaban J connectivity index is 2.01. The van der Waals surface area contributed by atoms with Gasteiger partial charge in [-0.1, -0.05) is 18.2 Å². The molecule has 0 fully saturated rings. The molecule has 18 heavy (non-hydrogen) atoms. The molecule has 2 rings (SSSR count). The highest BCUT2D eigenvalue weighted by Gasteiger charge is 2.32. The van der Waals surface area contributed by atoms with Crippen molar-refractivity contribution in [2.75, 3.05) is 0 Å². The summed E-state index contributed by atoms with van der Waals surface area (Å²) in [6.45, 7) is 0.461. The van der Waals surface area contributed by atoms with Gasteiger partial charge >= 0.3 is 6.18 Å². The van der Waals surface area contributed by atoms with Crippen LogP contribution in [-0.4, -0.2) is 15.2 Å². The zero-order chi connectivity index (χ0) is 13.0. The summed E-state index contributed by atoms with van der Waals surface area (Å²) < 4.78 is 38.1. The fourth-order valence-corrected chi connectivity index (χ4v) is 1.58. The number of aromatic nitrogens is 3. The molecule has 4 nitrogen and oxygen atoms in total. The second-order valence-corrected chi connectivity index (χ2v) is 3.69. The van der Waals surface area contributed by atoms with Gasteiger partial charge in [0, 0.05) is 6.54 Å². The number of H-pyrrole nitrogens is 1. The van der Waals surface area contributed by atoms with Gasteiger partial charge < -0.3 is 5.32 Å². The molecule has 0 radical (unpaired) electrons. The first-order valence-electron chi connectivity index (χ1n) is 5.27. The monoisotopic (exact) mass is 256 g/mol. The highest BCUT2D eigenvalue weighted by Crippen LogP contribution is 2.31. The van der Waals surface area contributed by atoms with Crippen molar-refractivity contribution >= 4 is 0 Å². The number of nitrogens with zero attached hydrogens (tertiary/aromatic N) is 2. The largest absolute Gasteiger partial charge is 0.416 e. The standard InChI is InChI=1S/C11H11F3N4/c12-11(13,14)9-4-2-1-3-8(9)5-15-6-10-16-7-17-18-10/h1-4,7,15H,5-6H2,(H,16,17,18). The lowest BCUT2D eigenvalue weighted by atomic mass is 10.1. The average Bonchev–Trinajstić information content (AvgIpc) is 2.81. The summed E-state index contributed by atoms with van der Waals surface area (Å²) in [5, 5.41) is 9.15. The second-order valence-electron chi connectivity index (χ2n) is 3.69. The summed E-state index contributed by atoms with van der Waals surface area (Å²) in [6, 6.07) is 5.49. The summed E-state index contributed by atoms with van der Waals surface area (Å²) in [5.41, 5.74) is -0.403. The molecule has 0 saturated heterocycles. The van der Waals surface area contributed by atoms with E-state index >= 15 is 0 Å². The molecule has 0 atom stereocenters. The van der Waals surface area contributed by atoms with Crippen LogP contribution in [-0.2, 0) is 19.3 Å². The van der Waals surface area contributed by atoms with Gasteiger partial charge in [0.25, 0.3) is 0 Å². The molecule has 0 saturated carbocycles. The fourth-order valence-electron chi connectivity index (χ4n) is 1.58. The van der Waals surface area contributed by atoms with Crippen LogP contribution in [0.15, 0.2) is 30.6 Å². The molecule has 0 aliphatic carbocycles. The van der Waals surface area contributed by atoms with E-state index in [1.54, 1.807) is 6.07 Å². The quantitative estimate of drug-likeness (QED) is 0.881. The molecule has 2 aromatic rings. The predicted octanol–water partition coefficient (Wildman–Crippen LogP) is 2.11. The molecule has 1 heterocycles. The van der Waals surface area contributed by atoms with Crippen LogP contribution in [0.1, 0.15) is 17.0 Å². The number of hydrogen-bond donors (Lipinski definition) is 2. The molecule has 2 N–H and O–H groups in total. The highest BCUT2D eigenvalue weighted by atomic mass is 19.4. The normalized spacial score (nSPS) is 11.7. The third-order valence-electron chi connectivity index (χ3n) is 2.40. The van der Waals surface area contributed by atoms with E-state index in [0.29, 0.717) is 12.4 Å². The Morgan fingerprint density at radius 1 is 1.17 bits per heavy atom. The van der Waals surface area contributed by atoms with E-state index in [9.17, 15) is 13.2 Å². The number of halogens is 3. The SMILES string of the molecule is FC(F)(F)c1ccccc1CNCc1ncn[nH]1. The number of rotatable bonds is 4. The van der Waals surface area contributed by atoms with Gasteiger partial charge in [-0.2, -0.15) is 18.3 Å². The van der Waals surface area contributed by atoms with Crippen molar-refractivity contribution in [3.63, 3.8) is 0 Å².